The molecular formula is C22H22O4. The molecular weight excluding hydrogens is 328 g/mol. The summed E-state index contributed by atoms with van der Waals surface area (Å²) >= 11 is 0. The second-order valence-corrected chi connectivity index (χ2v) is 6.39. The molecule has 0 atom stereocenters. The van der Waals surface area contributed by atoms with Gasteiger partial charge in [0.05, 0.1) is 19.8 Å². The van der Waals surface area contributed by atoms with Crippen LogP contribution in [-0.4, -0.2) is 20.2 Å². The van der Waals surface area contributed by atoms with Crippen molar-refractivity contribution in [2.24, 2.45) is 0 Å². The maximum Gasteiger partial charge on any atom is 0.343 e. The molecule has 0 aromatic heterocycles. The molecule has 0 spiro atoms. The van der Waals surface area contributed by atoms with Crippen LogP contribution in [0.4, 0.5) is 0 Å². The number of benzene rings is 2. The van der Waals surface area contributed by atoms with Crippen molar-refractivity contribution in [3.8, 4) is 11.5 Å². The Hall–Kier alpha value is -3.01. The highest BCUT2D eigenvalue weighted by atomic mass is 16.5. The van der Waals surface area contributed by atoms with E-state index >= 15 is 0 Å². The van der Waals surface area contributed by atoms with Gasteiger partial charge in [-0.3, -0.25) is 0 Å². The van der Waals surface area contributed by atoms with Crippen molar-refractivity contribution in [3.63, 3.8) is 0 Å². The lowest BCUT2D eigenvalue weighted by atomic mass is 10.0. The van der Waals surface area contributed by atoms with E-state index in [4.69, 9.17) is 14.2 Å². The second-order valence-electron chi connectivity index (χ2n) is 6.39. The molecule has 0 bridgehead atoms. The van der Waals surface area contributed by atoms with Gasteiger partial charge in [0.25, 0.3) is 0 Å². The minimum absolute atomic E-state index is 0.359. The molecule has 0 aliphatic carbocycles. The summed E-state index contributed by atoms with van der Waals surface area (Å²) in [5, 5.41) is 0. The molecule has 3 rings (SSSR count). The van der Waals surface area contributed by atoms with Crippen LogP contribution in [0.2, 0.25) is 0 Å². The van der Waals surface area contributed by atoms with Crippen LogP contribution in [0, 0.1) is 0 Å². The van der Waals surface area contributed by atoms with Crippen LogP contribution in [0.1, 0.15) is 36.5 Å². The average molecular weight is 350 g/mol. The zero-order valence-electron chi connectivity index (χ0n) is 15.4. The fourth-order valence-corrected chi connectivity index (χ4v) is 2.79. The Balaban J connectivity index is 1.89. The lowest BCUT2D eigenvalue weighted by Crippen LogP contribution is -1.97. The molecule has 26 heavy (non-hydrogen) atoms. The smallest absolute Gasteiger partial charge is 0.343 e. The molecule has 0 radical (unpaired) electrons. The first kappa shape index (κ1) is 17.8. The summed E-state index contributed by atoms with van der Waals surface area (Å²) in [6.07, 6.45) is 3.54. The van der Waals surface area contributed by atoms with Gasteiger partial charge in [-0.25, -0.2) is 4.79 Å². The summed E-state index contributed by atoms with van der Waals surface area (Å²) in [5.74, 6) is 1.93. The number of hydrogen-bond donors (Lipinski definition) is 0. The third-order valence-electron chi connectivity index (χ3n) is 4.32. The Morgan fingerprint density at radius 3 is 2.27 bits per heavy atom. The van der Waals surface area contributed by atoms with Crippen molar-refractivity contribution in [2.45, 2.75) is 19.8 Å². The molecule has 0 saturated heterocycles. The minimum Gasteiger partial charge on any atom is -0.493 e. The van der Waals surface area contributed by atoms with Crippen LogP contribution in [-0.2, 0) is 9.53 Å². The number of rotatable bonds is 5. The SMILES string of the molecule is COc1ccc(C=C2C=C(c3ccc(C(C)C)cc3)OC2=O)cc1OC. The maximum atomic E-state index is 12.2. The number of carbonyl (C=O) groups excluding carboxylic acids is 1. The maximum absolute atomic E-state index is 12.2. The number of cyclic esters (lactones) is 1. The molecule has 0 fully saturated rings. The van der Waals surface area contributed by atoms with Crippen molar-refractivity contribution < 1.29 is 19.0 Å². The Morgan fingerprint density at radius 2 is 1.65 bits per heavy atom. The number of hydrogen-bond acceptors (Lipinski definition) is 4. The Labute approximate surface area is 153 Å². The molecule has 0 saturated carbocycles. The summed E-state index contributed by atoms with van der Waals surface area (Å²) in [7, 11) is 3.17. The van der Waals surface area contributed by atoms with Gasteiger partial charge in [-0.2, -0.15) is 0 Å². The quantitative estimate of drug-likeness (QED) is 0.573. The highest BCUT2D eigenvalue weighted by molar-refractivity contribution is 6.05. The molecule has 0 amide bonds. The van der Waals surface area contributed by atoms with Crippen molar-refractivity contribution >= 4 is 17.8 Å². The van der Waals surface area contributed by atoms with Gasteiger partial charge < -0.3 is 14.2 Å². The topological polar surface area (TPSA) is 44.8 Å². The lowest BCUT2D eigenvalue weighted by Gasteiger charge is -2.07. The van der Waals surface area contributed by atoms with E-state index in [1.54, 1.807) is 32.4 Å². The largest absolute Gasteiger partial charge is 0.493 e. The van der Waals surface area contributed by atoms with Gasteiger partial charge in [0, 0.05) is 5.56 Å². The van der Waals surface area contributed by atoms with Crippen LogP contribution in [0.3, 0.4) is 0 Å². The fraction of sp³-hybridized carbons (Fsp3) is 0.227. The number of carbonyl (C=O) groups is 1. The first-order valence-corrected chi connectivity index (χ1v) is 8.49. The van der Waals surface area contributed by atoms with E-state index in [-0.39, 0.29) is 5.97 Å². The monoisotopic (exact) mass is 350 g/mol. The van der Waals surface area contributed by atoms with Gasteiger partial charge in [0.2, 0.25) is 0 Å². The van der Waals surface area contributed by atoms with E-state index in [1.165, 1.54) is 5.56 Å². The summed E-state index contributed by atoms with van der Waals surface area (Å²) < 4.78 is 16.0. The normalized spacial score (nSPS) is 15.2. The standard InChI is InChI=1S/C22H22O4/c1-14(2)16-6-8-17(9-7-16)20-13-18(22(23)26-20)11-15-5-10-19(24-3)21(12-15)25-4/h5-14H,1-4H3. The van der Waals surface area contributed by atoms with E-state index < -0.39 is 0 Å². The number of ether oxygens (including phenoxy) is 3. The second kappa shape index (κ2) is 7.48. The van der Waals surface area contributed by atoms with Gasteiger partial charge >= 0.3 is 5.97 Å². The van der Waals surface area contributed by atoms with Gasteiger partial charge in [-0.1, -0.05) is 44.2 Å². The summed E-state index contributed by atoms with van der Waals surface area (Å²) in [6.45, 7) is 4.29. The van der Waals surface area contributed by atoms with E-state index in [2.05, 4.69) is 26.0 Å². The highest BCUT2D eigenvalue weighted by Gasteiger charge is 2.22. The van der Waals surface area contributed by atoms with Gasteiger partial charge in [-0.15, -0.1) is 0 Å². The van der Waals surface area contributed by atoms with Gasteiger partial charge in [0.15, 0.2) is 11.5 Å². The highest BCUT2D eigenvalue weighted by Crippen LogP contribution is 2.31. The van der Waals surface area contributed by atoms with Crippen molar-refractivity contribution in [2.75, 3.05) is 14.2 Å². The first-order valence-electron chi connectivity index (χ1n) is 8.49. The number of methoxy groups -OCH3 is 2. The van der Waals surface area contributed by atoms with Crippen molar-refractivity contribution in [1.82, 2.24) is 0 Å². The Kier molecular flexibility index (Phi) is 5.12. The molecule has 4 heteroatoms. The molecule has 1 aliphatic rings. The zero-order chi connectivity index (χ0) is 18.7. The predicted octanol–water partition coefficient (Wildman–Crippen LogP) is 4.81. The molecule has 2 aromatic carbocycles. The summed E-state index contributed by atoms with van der Waals surface area (Å²) in [5.41, 5.74) is 3.47. The molecule has 134 valence electrons. The predicted molar refractivity (Wildman–Crippen MR) is 102 cm³/mol. The third-order valence-corrected chi connectivity index (χ3v) is 4.32. The van der Waals surface area contributed by atoms with E-state index in [1.807, 2.05) is 24.3 Å². The zero-order valence-corrected chi connectivity index (χ0v) is 15.4. The molecule has 4 nitrogen and oxygen atoms in total. The van der Waals surface area contributed by atoms with Crippen LogP contribution in [0.5, 0.6) is 11.5 Å². The van der Waals surface area contributed by atoms with Crippen LogP contribution < -0.4 is 9.47 Å². The molecule has 2 aromatic rings. The Bertz CT molecular complexity index is 874. The molecule has 1 aliphatic heterocycles. The molecule has 0 unspecified atom stereocenters. The van der Waals surface area contributed by atoms with Crippen LogP contribution >= 0.6 is 0 Å². The Morgan fingerprint density at radius 1 is 0.962 bits per heavy atom. The molecule has 1 heterocycles. The van der Waals surface area contributed by atoms with Crippen LogP contribution in [0.25, 0.3) is 11.8 Å². The summed E-state index contributed by atoms with van der Waals surface area (Å²) in [6, 6.07) is 13.6. The number of esters is 1. The fourth-order valence-electron chi connectivity index (χ4n) is 2.79. The average Bonchev–Trinajstić information content (AvgIpc) is 3.02. The van der Waals surface area contributed by atoms with E-state index in [9.17, 15) is 4.79 Å². The van der Waals surface area contributed by atoms with Gasteiger partial charge in [-0.05, 0) is 41.3 Å². The minimum atomic E-state index is -0.359. The van der Waals surface area contributed by atoms with Crippen molar-refractivity contribution in [3.05, 3.63) is 70.8 Å². The third kappa shape index (κ3) is 3.64. The lowest BCUT2D eigenvalue weighted by molar-refractivity contribution is -0.130. The van der Waals surface area contributed by atoms with Gasteiger partial charge in [0.1, 0.15) is 5.76 Å². The van der Waals surface area contributed by atoms with E-state index in [0.717, 1.165) is 11.1 Å². The summed E-state index contributed by atoms with van der Waals surface area (Å²) in [4.78, 5) is 12.2. The first-order chi connectivity index (χ1) is 12.5. The van der Waals surface area contributed by atoms with Crippen LogP contribution in [0.15, 0.2) is 54.1 Å². The molecule has 0 N–H and O–H groups in total. The van der Waals surface area contributed by atoms with E-state index in [0.29, 0.717) is 28.7 Å². The van der Waals surface area contributed by atoms with Crippen molar-refractivity contribution in [1.29, 1.82) is 0 Å².